The van der Waals surface area contributed by atoms with Crippen molar-refractivity contribution in [1.82, 2.24) is 9.88 Å². The van der Waals surface area contributed by atoms with E-state index in [1.807, 2.05) is 18.2 Å². The molecule has 3 rings (SSSR count). The number of thioether (sulfide) groups is 1. The van der Waals surface area contributed by atoms with Gasteiger partial charge in [0.15, 0.2) is 5.13 Å². The van der Waals surface area contributed by atoms with Crippen LogP contribution in [0.25, 0.3) is 10.2 Å². The number of anilines is 1. The molecule has 0 unspecified atom stereocenters. The van der Waals surface area contributed by atoms with Crippen LogP contribution in [0.4, 0.5) is 9.52 Å². The van der Waals surface area contributed by atoms with Gasteiger partial charge >= 0.3 is 0 Å². The molecule has 0 spiro atoms. The normalized spacial score (nSPS) is 11.2. The van der Waals surface area contributed by atoms with Crippen LogP contribution in [-0.4, -0.2) is 54.8 Å². The highest BCUT2D eigenvalue weighted by molar-refractivity contribution is 8.00. The summed E-state index contributed by atoms with van der Waals surface area (Å²) >= 11 is 2.89. The Balaban J connectivity index is 1.79. The van der Waals surface area contributed by atoms with E-state index >= 15 is 0 Å². The van der Waals surface area contributed by atoms with Crippen molar-refractivity contribution in [3.8, 4) is 5.75 Å². The van der Waals surface area contributed by atoms with Crippen LogP contribution in [0.5, 0.6) is 5.75 Å². The largest absolute Gasteiger partial charge is 0.497 e. The van der Waals surface area contributed by atoms with E-state index in [0.29, 0.717) is 11.7 Å². The molecule has 0 N–H and O–H groups in total. The summed E-state index contributed by atoms with van der Waals surface area (Å²) in [6.07, 6.45) is 0. The smallest absolute Gasteiger partial charge is 0.239 e. The highest BCUT2D eigenvalue weighted by Gasteiger charge is 2.21. The Kier molecular flexibility index (Phi) is 8.07. The first kappa shape index (κ1) is 22.5. The standard InChI is InChI=1S/C22H26FN3O2S2/c1-4-25(5-2)12-13-26(21(27)15-29-18-9-6-16(23)7-10-18)22-24-19-11-8-17(28-3)14-20(19)30-22/h6-11,14H,4-5,12-13,15H2,1-3H3. The van der Waals surface area contributed by atoms with Gasteiger partial charge in [0.1, 0.15) is 11.6 Å². The van der Waals surface area contributed by atoms with E-state index in [0.717, 1.165) is 40.5 Å². The molecule has 0 saturated heterocycles. The zero-order chi connectivity index (χ0) is 21.5. The first-order valence-corrected chi connectivity index (χ1v) is 11.7. The summed E-state index contributed by atoms with van der Waals surface area (Å²) in [6, 6.07) is 11.9. The number of nitrogens with zero attached hydrogens (tertiary/aromatic N) is 3. The zero-order valence-corrected chi connectivity index (χ0v) is 19.1. The van der Waals surface area contributed by atoms with Crippen molar-refractivity contribution in [3.05, 3.63) is 48.3 Å². The molecule has 8 heteroatoms. The van der Waals surface area contributed by atoms with E-state index in [1.165, 1.54) is 35.2 Å². The molecule has 160 valence electrons. The quantitative estimate of drug-likeness (QED) is 0.413. The molecule has 0 atom stereocenters. The number of benzene rings is 2. The highest BCUT2D eigenvalue weighted by Crippen LogP contribution is 2.32. The average molecular weight is 448 g/mol. The monoisotopic (exact) mass is 447 g/mol. The van der Waals surface area contributed by atoms with Gasteiger partial charge in [0.05, 0.1) is 23.1 Å². The van der Waals surface area contributed by atoms with Gasteiger partial charge < -0.3 is 9.64 Å². The minimum Gasteiger partial charge on any atom is -0.497 e. The number of carbonyl (C=O) groups is 1. The lowest BCUT2D eigenvalue weighted by Crippen LogP contribution is -2.39. The lowest BCUT2D eigenvalue weighted by atomic mass is 10.3. The minimum atomic E-state index is -0.281. The number of hydrogen-bond acceptors (Lipinski definition) is 6. The molecule has 3 aromatic rings. The van der Waals surface area contributed by atoms with Gasteiger partial charge in [-0.15, -0.1) is 11.8 Å². The second-order valence-corrected chi connectivity index (χ2v) is 8.70. The topological polar surface area (TPSA) is 45.7 Å². The molecule has 0 aliphatic heterocycles. The van der Waals surface area contributed by atoms with E-state index in [-0.39, 0.29) is 17.5 Å². The summed E-state index contributed by atoms with van der Waals surface area (Å²) in [4.78, 5) is 22.7. The SMILES string of the molecule is CCN(CC)CCN(C(=O)CSc1ccc(F)cc1)c1nc2ccc(OC)cc2s1. The number of thiazole rings is 1. The van der Waals surface area contributed by atoms with Crippen LogP contribution in [0.2, 0.25) is 0 Å². The Morgan fingerprint density at radius 1 is 1.13 bits per heavy atom. The number of amides is 1. The number of ether oxygens (including phenoxy) is 1. The van der Waals surface area contributed by atoms with Gasteiger partial charge in [-0.25, -0.2) is 9.37 Å². The average Bonchev–Trinajstić information content (AvgIpc) is 3.19. The third-order valence-corrected chi connectivity index (χ3v) is 6.86. The molecular formula is C22H26FN3O2S2. The molecule has 30 heavy (non-hydrogen) atoms. The second kappa shape index (κ2) is 10.7. The number of methoxy groups -OCH3 is 1. The molecule has 1 heterocycles. The van der Waals surface area contributed by atoms with Gasteiger partial charge in [0.25, 0.3) is 0 Å². The molecule has 5 nitrogen and oxygen atoms in total. The number of fused-ring (bicyclic) bond motifs is 1. The Labute approximate surface area is 184 Å². The van der Waals surface area contributed by atoms with Crippen LogP contribution < -0.4 is 9.64 Å². The van der Waals surface area contributed by atoms with Crippen LogP contribution in [0.3, 0.4) is 0 Å². The molecule has 0 aliphatic rings. The van der Waals surface area contributed by atoms with Gasteiger partial charge in [0, 0.05) is 18.0 Å². The summed E-state index contributed by atoms with van der Waals surface area (Å²) in [5, 5.41) is 0.690. The molecule has 0 radical (unpaired) electrons. The maximum atomic E-state index is 13.1. The fourth-order valence-electron chi connectivity index (χ4n) is 3.00. The van der Waals surface area contributed by atoms with Gasteiger partial charge in [-0.1, -0.05) is 25.2 Å². The van der Waals surface area contributed by atoms with Gasteiger partial charge in [-0.2, -0.15) is 0 Å². The summed E-state index contributed by atoms with van der Waals surface area (Å²) in [7, 11) is 1.63. The van der Waals surface area contributed by atoms with Crippen molar-refractivity contribution < 1.29 is 13.9 Å². The fourth-order valence-corrected chi connectivity index (χ4v) is 4.81. The molecule has 1 amide bonds. The van der Waals surface area contributed by atoms with E-state index in [2.05, 4.69) is 18.7 Å². The van der Waals surface area contributed by atoms with E-state index in [4.69, 9.17) is 9.72 Å². The third-order valence-electron chi connectivity index (χ3n) is 4.83. The fraction of sp³-hybridized carbons (Fsp3) is 0.364. The van der Waals surface area contributed by atoms with E-state index in [1.54, 1.807) is 24.1 Å². The molecule has 1 aromatic heterocycles. The Morgan fingerprint density at radius 2 is 1.87 bits per heavy atom. The van der Waals surface area contributed by atoms with Gasteiger partial charge in [0.2, 0.25) is 5.91 Å². The van der Waals surface area contributed by atoms with E-state index in [9.17, 15) is 9.18 Å². The predicted molar refractivity (Wildman–Crippen MR) is 123 cm³/mol. The summed E-state index contributed by atoms with van der Waals surface area (Å²) in [5.41, 5.74) is 0.850. The van der Waals surface area contributed by atoms with Crippen LogP contribution in [0.1, 0.15) is 13.8 Å². The second-order valence-electron chi connectivity index (χ2n) is 6.64. The zero-order valence-electron chi connectivity index (χ0n) is 17.4. The van der Waals surface area contributed by atoms with E-state index < -0.39 is 0 Å². The van der Waals surface area contributed by atoms with Crippen LogP contribution in [0.15, 0.2) is 47.4 Å². The molecule has 0 fully saturated rings. The van der Waals surface area contributed by atoms with Crippen molar-refractivity contribution >= 4 is 44.4 Å². The van der Waals surface area contributed by atoms with Crippen LogP contribution in [-0.2, 0) is 4.79 Å². The first-order chi connectivity index (χ1) is 14.5. The Bertz CT molecular complexity index is 974. The molecule has 2 aromatic carbocycles. The number of carbonyl (C=O) groups excluding carboxylic acids is 1. The maximum Gasteiger partial charge on any atom is 0.239 e. The molecule has 0 saturated carbocycles. The number of likely N-dealkylation sites (N-methyl/N-ethyl adjacent to an activating group) is 1. The predicted octanol–water partition coefficient (Wildman–Crippen LogP) is 4.91. The van der Waals surface area contributed by atoms with Gasteiger partial charge in [-0.3, -0.25) is 9.69 Å². The molecule has 0 aliphatic carbocycles. The summed E-state index contributed by atoms with van der Waals surface area (Å²) < 4.78 is 19.4. The van der Waals surface area contributed by atoms with Crippen molar-refractivity contribution in [1.29, 1.82) is 0 Å². The number of rotatable bonds is 10. The van der Waals surface area contributed by atoms with Crippen molar-refractivity contribution in [2.45, 2.75) is 18.7 Å². The van der Waals surface area contributed by atoms with Crippen molar-refractivity contribution in [2.24, 2.45) is 0 Å². The molecule has 0 bridgehead atoms. The third kappa shape index (κ3) is 5.71. The summed E-state index contributed by atoms with van der Waals surface area (Å²) in [6.45, 7) is 7.44. The molecular weight excluding hydrogens is 421 g/mol. The Morgan fingerprint density at radius 3 is 2.53 bits per heavy atom. The Hall–Kier alpha value is -2.16. The number of hydrogen-bond donors (Lipinski definition) is 0. The van der Waals surface area contributed by atoms with Crippen LogP contribution in [0, 0.1) is 5.82 Å². The highest BCUT2D eigenvalue weighted by atomic mass is 32.2. The lowest BCUT2D eigenvalue weighted by Gasteiger charge is -2.24. The summed E-state index contributed by atoms with van der Waals surface area (Å²) in [5.74, 6) is 0.743. The maximum absolute atomic E-state index is 13.1. The van der Waals surface area contributed by atoms with Crippen LogP contribution >= 0.6 is 23.1 Å². The van der Waals surface area contributed by atoms with Crippen molar-refractivity contribution in [3.63, 3.8) is 0 Å². The number of halogens is 1. The number of aromatic nitrogens is 1. The minimum absolute atomic E-state index is 0.0116. The first-order valence-electron chi connectivity index (χ1n) is 9.89. The van der Waals surface area contributed by atoms with Crippen molar-refractivity contribution in [2.75, 3.05) is 43.9 Å². The lowest BCUT2D eigenvalue weighted by molar-refractivity contribution is -0.116. The van der Waals surface area contributed by atoms with Gasteiger partial charge in [-0.05, 0) is 55.6 Å².